The number of hydrogen-bond acceptors (Lipinski definition) is 4. The summed E-state index contributed by atoms with van der Waals surface area (Å²) >= 11 is 0. The van der Waals surface area contributed by atoms with Crippen molar-refractivity contribution in [2.24, 2.45) is 0 Å². The van der Waals surface area contributed by atoms with Gasteiger partial charge in [-0.15, -0.1) is 0 Å². The standard InChI is InChI=1S/C27H30N2O3/c1-18(28-16-6-7-19-10-13-21(30)14-11-19)26-22-8-4-5-9-23(22)29-27(26)20-12-15-24(31-2)25(17-20)32-3/h4-5,8-15,17-18,28-30H,6-7,16H2,1-3H3. The van der Waals surface area contributed by atoms with Gasteiger partial charge in [-0.2, -0.15) is 0 Å². The number of rotatable bonds is 9. The number of H-pyrrole nitrogens is 1. The zero-order chi connectivity index (χ0) is 22.5. The van der Waals surface area contributed by atoms with Gasteiger partial charge in [-0.3, -0.25) is 0 Å². The third-order valence-corrected chi connectivity index (χ3v) is 5.88. The number of nitrogens with one attached hydrogen (secondary N) is 2. The summed E-state index contributed by atoms with van der Waals surface area (Å²) in [6, 6.07) is 22.0. The highest BCUT2D eigenvalue weighted by molar-refractivity contribution is 5.91. The molecule has 166 valence electrons. The number of aryl methyl sites for hydroxylation is 1. The van der Waals surface area contributed by atoms with E-state index < -0.39 is 0 Å². The molecule has 0 aliphatic heterocycles. The van der Waals surface area contributed by atoms with E-state index in [0.29, 0.717) is 17.2 Å². The lowest BCUT2D eigenvalue weighted by atomic mass is 9.99. The van der Waals surface area contributed by atoms with Crippen LogP contribution in [-0.2, 0) is 6.42 Å². The van der Waals surface area contributed by atoms with Crippen LogP contribution in [0.25, 0.3) is 22.2 Å². The second kappa shape index (κ2) is 9.79. The topological polar surface area (TPSA) is 66.5 Å². The van der Waals surface area contributed by atoms with Crippen LogP contribution in [0.4, 0.5) is 0 Å². The van der Waals surface area contributed by atoms with E-state index in [1.807, 2.05) is 24.3 Å². The number of aromatic amines is 1. The Morgan fingerprint density at radius 1 is 0.938 bits per heavy atom. The van der Waals surface area contributed by atoms with E-state index in [9.17, 15) is 5.11 Å². The Bertz CT molecular complexity index is 1180. The molecule has 0 aliphatic rings. The van der Waals surface area contributed by atoms with Crippen molar-refractivity contribution in [2.45, 2.75) is 25.8 Å². The van der Waals surface area contributed by atoms with Gasteiger partial charge in [-0.1, -0.05) is 30.3 Å². The molecule has 0 aliphatic carbocycles. The molecule has 1 unspecified atom stereocenters. The largest absolute Gasteiger partial charge is 0.508 e. The van der Waals surface area contributed by atoms with E-state index in [1.54, 1.807) is 26.4 Å². The highest BCUT2D eigenvalue weighted by atomic mass is 16.5. The monoisotopic (exact) mass is 430 g/mol. The molecule has 0 radical (unpaired) electrons. The van der Waals surface area contributed by atoms with Gasteiger partial charge in [-0.05, 0) is 68.3 Å². The van der Waals surface area contributed by atoms with Crippen LogP contribution >= 0.6 is 0 Å². The highest BCUT2D eigenvalue weighted by Crippen LogP contribution is 2.38. The van der Waals surface area contributed by atoms with Gasteiger partial charge >= 0.3 is 0 Å². The van der Waals surface area contributed by atoms with Crippen molar-refractivity contribution < 1.29 is 14.6 Å². The molecule has 0 spiro atoms. The van der Waals surface area contributed by atoms with Crippen LogP contribution in [0.5, 0.6) is 17.2 Å². The molecule has 0 saturated heterocycles. The summed E-state index contributed by atoms with van der Waals surface area (Å²) in [5, 5.41) is 14.4. The average Bonchev–Trinajstić information content (AvgIpc) is 3.22. The highest BCUT2D eigenvalue weighted by Gasteiger charge is 2.19. The average molecular weight is 431 g/mol. The van der Waals surface area contributed by atoms with Gasteiger partial charge in [0.15, 0.2) is 11.5 Å². The van der Waals surface area contributed by atoms with E-state index in [0.717, 1.165) is 36.2 Å². The van der Waals surface area contributed by atoms with Crippen molar-refractivity contribution in [3.63, 3.8) is 0 Å². The van der Waals surface area contributed by atoms with Crippen LogP contribution in [0.2, 0.25) is 0 Å². The molecule has 1 atom stereocenters. The van der Waals surface area contributed by atoms with Crippen LogP contribution in [0.15, 0.2) is 66.7 Å². The molecule has 0 amide bonds. The van der Waals surface area contributed by atoms with E-state index in [4.69, 9.17) is 9.47 Å². The van der Waals surface area contributed by atoms with Gasteiger partial charge in [0, 0.05) is 28.1 Å². The lowest BCUT2D eigenvalue weighted by Gasteiger charge is -2.17. The number of hydrogen-bond donors (Lipinski definition) is 3. The first-order chi connectivity index (χ1) is 15.6. The smallest absolute Gasteiger partial charge is 0.161 e. The number of aromatic nitrogens is 1. The normalized spacial score (nSPS) is 12.1. The SMILES string of the molecule is COc1ccc(-c2[nH]c3ccccc3c2C(C)NCCCc2ccc(O)cc2)cc1OC. The number of phenolic OH excluding ortho intramolecular Hbond substituents is 1. The molecule has 4 rings (SSSR count). The summed E-state index contributed by atoms with van der Waals surface area (Å²) in [5.41, 5.74) is 5.75. The first-order valence-corrected chi connectivity index (χ1v) is 10.9. The maximum atomic E-state index is 9.45. The second-order valence-corrected chi connectivity index (χ2v) is 7.97. The lowest BCUT2D eigenvalue weighted by molar-refractivity contribution is 0.355. The van der Waals surface area contributed by atoms with Crippen molar-refractivity contribution >= 4 is 10.9 Å². The summed E-state index contributed by atoms with van der Waals surface area (Å²) in [7, 11) is 3.31. The quantitative estimate of drug-likeness (QED) is 0.292. The third kappa shape index (κ3) is 4.58. The van der Waals surface area contributed by atoms with Crippen LogP contribution in [0, 0.1) is 0 Å². The minimum Gasteiger partial charge on any atom is -0.508 e. The van der Waals surface area contributed by atoms with Crippen molar-refractivity contribution in [3.8, 4) is 28.5 Å². The van der Waals surface area contributed by atoms with E-state index >= 15 is 0 Å². The Labute approximate surface area is 189 Å². The van der Waals surface area contributed by atoms with Gasteiger partial charge in [0.25, 0.3) is 0 Å². The number of para-hydroxylation sites is 1. The zero-order valence-electron chi connectivity index (χ0n) is 18.8. The zero-order valence-corrected chi connectivity index (χ0v) is 18.8. The summed E-state index contributed by atoms with van der Waals surface area (Å²) in [6.07, 6.45) is 1.99. The second-order valence-electron chi connectivity index (χ2n) is 7.97. The molecule has 5 nitrogen and oxygen atoms in total. The fraction of sp³-hybridized carbons (Fsp3) is 0.259. The van der Waals surface area contributed by atoms with E-state index in [-0.39, 0.29) is 6.04 Å². The lowest BCUT2D eigenvalue weighted by Crippen LogP contribution is -2.20. The molecule has 1 aromatic heterocycles. The third-order valence-electron chi connectivity index (χ3n) is 5.88. The number of phenols is 1. The van der Waals surface area contributed by atoms with Crippen molar-refractivity contribution in [2.75, 3.05) is 20.8 Å². The molecule has 4 aromatic rings. The molecule has 0 saturated carbocycles. The summed E-state index contributed by atoms with van der Waals surface area (Å²) in [6.45, 7) is 3.10. The summed E-state index contributed by atoms with van der Waals surface area (Å²) in [5.74, 6) is 1.74. The maximum absolute atomic E-state index is 9.45. The Balaban J connectivity index is 1.56. The molecule has 0 bridgehead atoms. The predicted octanol–water partition coefficient (Wildman–Crippen LogP) is 5.84. The summed E-state index contributed by atoms with van der Waals surface area (Å²) < 4.78 is 10.9. The molecule has 3 N–H and O–H groups in total. The van der Waals surface area contributed by atoms with Crippen LogP contribution in [0.3, 0.4) is 0 Å². The Morgan fingerprint density at radius 2 is 1.69 bits per heavy atom. The minimum atomic E-state index is 0.161. The molecule has 1 heterocycles. The molecular weight excluding hydrogens is 400 g/mol. The van der Waals surface area contributed by atoms with Crippen molar-refractivity contribution in [1.82, 2.24) is 10.3 Å². The number of ether oxygens (including phenoxy) is 2. The van der Waals surface area contributed by atoms with Gasteiger partial charge in [0.2, 0.25) is 0 Å². The van der Waals surface area contributed by atoms with E-state index in [2.05, 4.69) is 47.6 Å². The first-order valence-electron chi connectivity index (χ1n) is 10.9. The van der Waals surface area contributed by atoms with Gasteiger partial charge < -0.3 is 24.9 Å². The molecule has 5 heteroatoms. The fourth-order valence-electron chi connectivity index (χ4n) is 4.21. The Kier molecular flexibility index (Phi) is 6.66. The van der Waals surface area contributed by atoms with Crippen molar-refractivity contribution in [3.05, 3.63) is 77.9 Å². The Morgan fingerprint density at radius 3 is 2.44 bits per heavy atom. The molecule has 3 aromatic carbocycles. The van der Waals surface area contributed by atoms with Crippen molar-refractivity contribution in [1.29, 1.82) is 0 Å². The summed E-state index contributed by atoms with van der Waals surface area (Å²) in [4.78, 5) is 3.61. The van der Waals surface area contributed by atoms with Gasteiger partial charge in [0.05, 0.1) is 19.9 Å². The number of benzene rings is 3. The molecular formula is C27H30N2O3. The number of aromatic hydroxyl groups is 1. The van der Waals surface area contributed by atoms with Crippen LogP contribution in [-0.4, -0.2) is 30.9 Å². The number of methoxy groups -OCH3 is 2. The first kappa shape index (κ1) is 21.8. The van der Waals surface area contributed by atoms with Gasteiger partial charge in [-0.25, -0.2) is 0 Å². The fourth-order valence-corrected chi connectivity index (χ4v) is 4.21. The van der Waals surface area contributed by atoms with Crippen LogP contribution in [0.1, 0.15) is 30.5 Å². The van der Waals surface area contributed by atoms with Gasteiger partial charge in [0.1, 0.15) is 5.75 Å². The molecule has 32 heavy (non-hydrogen) atoms. The maximum Gasteiger partial charge on any atom is 0.161 e. The predicted molar refractivity (Wildman–Crippen MR) is 130 cm³/mol. The van der Waals surface area contributed by atoms with E-state index in [1.165, 1.54) is 16.5 Å². The Hall–Kier alpha value is -3.44. The number of fused-ring (bicyclic) bond motifs is 1. The molecule has 0 fully saturated rings. The van der Waals surface area contributed by atoms with Crippen LogP contribution < -0.4 is 14.8 Å². The minimum absolute atomic E-state index is 0.161.